The zero-order valence-electron chi connectivity index (χ0n) is 11.8. The van der Waals surface area contributed by atoms with Gasteiger partial charge in [-0.3, -0.25) is 4.79 Å². The predicted molar refractivity (Wildman–Crippen MR) is 80.5 cm³/mol. The van der Waals surface area contributed by atoms with Gasteiger partial charge in [-0.05, 0) is 29.7 Å². The second-order valence-electron chi connectivity index (χ2n) is 4.98. The van der Waals surface area contributed by atoms with Gasteiger partial charge in [0.1, 0.15) is 17.7 Å². The molecule has 1 aromatic heterocycles. The number of amides is 1. The third-order valence-corrected chi connectivity index (χ3v) is 3.50. The highest BCUT2D eigenvalue weighted by atomic mass is 19.1. The van der Waals surface area contributed by atoms with Gasteiger partial charge in [0.15, 0.2) is 0 Å². The normalized spacial score (nSPS) is 11.9. The monoisotopic (exact) mass is 311 g/mol. The molecular formula is C17H11F2N3O. The smallest absolute Gasteiger partial charge is 0.252 e. The van der Waals surface area contributed by atoms with Crippen LogP contribution in [0.2, 0.25) is 0 Å². The number of nitriles is 1. The number of nitrogens with zero attached hydrogens (tertiary/aromatic N) is 1. The largest absolute Gasteiger partial charge is 0.361 e. The Morgan fingerprint density at radius 2 is 2.00 bits per heavy atom. The van der Waals surface area contributed by atoms with Gasteiger partial charge < -0.3 is 10.3 Å². The van der Waals surface area contributed by atoms with Gasteiger partial charge in [-0.15, -0.1) is 0 Å². The van der Waals surface area contributed by atoms with E-state index < -0.39 is 23.6 Å². The average Bonchev–Trinajstić information content (AvgIpc) is 3.00. The van der Waals surface area contributed by atoms with Gasteiger partial charge in [0, 0.05) is 28.9 Å². The molecule has 0 radical (unpaired) electrons. The van der Waals surface area contributed by atoms with E-state index in [1.165, 1.54) is 0 Å². The zero-order chi connectivity index (χ0) is 16.4. The molecule has 0 saturated heterocycles. The summed E-state index contributed by atoms with van der Waals surface area (Å²) >= 11 is 0. The van der Waals surface area contributed by atoms with Gasteiger partial charge in [-0.1, -0.05) is 12.1 Å². The summed E-state index contributed by atoms with van der Waals surface area (Å²) in [7, 11) is 0. The zero-order valence-corrected chi connectivity index (χ0v) is 11.8. The Labute approximate surface area is 130 Å². The van der Waals surface area contributed by atoms with E-state index in [9.17, 15) is 18.8 Å². The fourth-order valence-corrected chi connectivity index (χ4v) is 2.32. The summed E-state index contributed by atoms with van der Waals surface area (Å²) in [5, 5.41) is 12.6. The molecule has 0 fully saturated rings. The van der Waals surface area contributed by atoms with Crippen LogP contribution in [0.15, 0.2) is 48.7 Å². The fourth-order valence-electron chi connectivity index (χ4n) is 2.32. The number of nitrogens with one attached hydrogen (secondary N) is 2. The number of hydrogen-bond donors (Lipinski definition) is 2. The summed E-state index contributed by atoms with van der Waals surface area (Å²) < 4.78 is 26.7. The van der Waals surface area contributed by atoms with Crippen molar-refractivity contribution in [2.75, 3.05) is 0 Å². The Hall–Kier alpha value is -3.20. The number of aromatic nitrogens is 1. The van der Waals surface area contributed by atoms with Crippen LogP contribution < -0.4 is 5.32 Å². The number of halogens is 2. The summed E-state index contributed by atoms with van der Waals surface area (Å²) in [6.07, 6.45) is 1.75. The second kappa shape index (κ2) is 5.89. The van der Waals surface area contributed by atoms with E-state index in [0.29, 0.717) is 11.6 Å². The number of benzene rings is 2. The third-order valence-electron chi connectivity index (χ3n) is 3.50. The van der Waals surface area contributed by atoms with Crippen molar-refractivity contribution in [3.05, 3.63) is 71.4 Å². The fraction of sp³-hybridized carbons (Fsp3) is 0.0588. The van der Waals surface area contributed by atoms with Crippen molar-refractivity contribution in [2.45, 2.75) is 6.04 Å². The maximum atomic E-state index is 13.8. The molecule has 2 N–H and O–H groups in total. The highest BCUT2D eigenvalue weighted by molar-refractivity contribution is 5.98. The number of rotatable bonds is 3. The van der Waals surface area contributed by atoms with Crippen LogP contribution in [0.25, 0.3) is 10.9 Å². The first-order valence-corrected chi connectivity index (χ1v) is 6.81. The van der Waals surface area contributed by atoms with Gasteiger partial charge in [0.05, 0.1) is 6.07 Å². The highest BCUT2D eigenvalue weighted by Gasteiger charge is 2.19. The van der Waals surface area contributed by atoms with Crippen LogP contribution in [0.1, 0.15) is 22.0 Å². The first kappa shape index (κ1) is 14.7. The molecule has 3 aromatic rings. The summed E-state index contributed by atoms with van der Waals surface area (Å²) in [6.45, 7) is 0. The van der Waals surface area contributed by atoms with E-state index in [1.54, 1.807) is 24.4 Å². The van der Waals surface area contributed by atoms with Crippen LogP contribution in [-0.4, -0.2) is 10.9 Å². The van der Waals surface area contributed by atoms with Gasteiger partial charge in [-0.25, -0.2) is 8.78 Å². The summed E-state index contributed by atoms with van der Waals surface area (Å²) in [5.41, 5.74) is 1.03. The van der Waals surface area contributed by atoms with Gasteiger partial charge >= 0.3 is 0 Å². The molecule has 0 saturated carbocycles. The number of H-pyrrole nitrogens is 1. The van der Waals surface area contributed by atoms with Crippen LogP contribution in [0.5, 0.6) is 0 Å². The lowest BCUT2D eigenvalue weighted by Gasteiger charge is -2.13. The minimum absolute atomic E-state index is 0.0804. The lowest BCUT2D eigenvalue weighted by Crippen LogP contribution is -2.28. The molecule has 1 amide bonds. The minimum Gasteiger partial charge on any atom is -0.361 e. The van der Waals surface area contributed by atoms with Crippen molar-refractivity contribution in [1.29, 1.82) is 5.26 Å². The Kier molecular flexibility index (Phi) is 3.77. The quantitative estimate of drug-likeness (QED) is 0.778. The number of hydrogen-bond acceptors (Lipinski definition) is 2. The number of fused-ring (bicyclic) bond motifs is 1. The van der Waals surface area contributed by atoms with Gasteiger partial charge in [-0.2, -0.15) is 5.26 Å². The molecule has 0 bridgehead atoms. The predicted octanol–water partition coefficient (Wildman–Crippen LogP) is 3.44. The standard InChI is InChI=1S/C17H11F2N3O/c18-12-3-4-13(14(19)8-12)16(9-20)22-17(23)11-2-1-10-5-6-21-15(10)7-11/h1-8,16,21H,(H,22,23)/t16-/m1/s1. The Morgan fingerprint density at radius 3 is 2.74 bits per heavy atom. The van der Waals surface area contributed by atoms with Crippen molar-refractivity contribution >= 4 is 16.8 Å². The third kappa shape index (κ3) is 2.90. The van der Waals surface area contributed by atoms with E-state index in [-0.39, 0.29) is 5.56 Å². The van der Waals surface area contributed by atoms with Crippen molar-refractivity contribution in [3.8, 4) is 6.07 Å². The molecule has 0 aliphatic rings. The molecule has 0 spiro atoms. The molecule has 1 atom stereocenters. The second-order valence-corrected chi connectivity index (χ2v) is 4.98. The van der Waals surface area contributed by atoms with Crippen molar-refractivity contribution in [1.82, 2.24) is 10.3 Å². The summed E-state index contributed by atoms with van der Waals surface area (Å²) in [4.78, 5) is 15.2. The molecule has 3 rings (SSSR count). The minimum atomic E-state index is -1.21. The topological polar surface area (TPSA) is 68.7 Å². The van der Waals surface area contributed by atoms with Gasteiger partial charge in [0.25, 0.3) is 5.91 Å². The molecule has 4 nitrogen and oxygen atoms in total. The van der Waals surface area contributed by atoms with Crippen LogP contribution in [0, 0.1) is 23.0 Å². The molecule has 2 aromatic carbocycles. The number of carbonyl (C=O) groups excluding carboxylic acids is 1. The van der Waals surface area contributed by atoms with Crippen molar-refractivity contribution < 1.29 is 13.6 Å². The van der Waals surface area contributed by atoms with E-state index >= 15 is 0 Å². The molecule has 114 valence electrons. The first-order valence-electron chi connectivity index (χ1n) is 6.81. The summed E-state index contributed by atoms with van der Waals surface area (Å²) in [6, 6.07) is 10.3. The van der Waals surface area contributed by atoms with E-state index in [1.807, 2.05) is 12.1 Å². The Morgan fingerprint density at radius 1 is 1.17 bits per heavy atom. The van der Waals surface area contributed by atoms with E-state index in [2.05, 4.69) is 10.3 Å². The van der Waals surface area contributed by atoms with Crippen LogP contribution in [0.4, 0.5) is 8.78 Å². The molecule has 23 heavy (non-hydrogen) atoms. The summed E-state index contributed by atoms with van der Waals surface area (Å²) in [5.74, 6) is -2.14. The first-order chi connectivity index (χ1) is 11.1. The molecule has 0 aliphatic heterocycles. The molecule has 0 unspecified atom stereocenters. The van der Waals surface area contributed by atoms with Crippen molar-refractivity contribution in [3.63, 3.8) is 0 Å². The number of carbonyl (C=O) groups is 1. The van der Waals surface area contributed by atoms with Crippen molar-refractivity contribution in [2.24, 2.45) is 0 Å². The maximum absolute atomic E-state index is 13.8. The molecule has 0 aliphatic carbocycles. The molecule has 6 heteroatoms. The van der Waals surface area contributed by atoms with E-state index in [0.717, 1.165) is 23.0 Å². The maximum Gasteiger partial charge on any atom is 0.252 e. The lowest BCUT2D eigenvalue weighted by molar-refractivity contribution is 0.0945. The molecular weight excluding hydrogens is 300 g/mol. The van der Waals surface area contributed by atoms with Crippen LogP contribution in [0.3, 0.4) is 0 Å². The number of aromatic amines is 1. The Balaban J connectivity index is 1.86. The average molecular weight is 311 g/mol. The van der Waals surface area contributed by atoms with Crippen LogP contribution >= 0.6 is 0 Å². The SMILES string of the molecule is N#C[C@@H](NC(=O)c1ccc2cc[nH]c2c1)c1ccc(F)cc1F. The highest BCUT2D eigenvalue weighted by Crippen LogP contribution is 2.19. The lowest BCUT2D eigenvalue weighted by atomic mass is 10.1. The molecule has 1 heterocycles. The van der Waals surface area contributed by atoms with Crippen LogP contribution in [-0.2, 0) is 0 Å². The van der Waals surface area contributed by atoms with E-state index in [4.69, 9.17) is 0 Å². The Bertz CT molecular complexity index is 927. The van der Waals surface area contributed by atoms with Gasteiger partial charge in [0.2, 0.25) is 0 Å².